The van der Waals surface area contributed by atoms with Crippen LogP contribution >= 0.6 is 0 Å². The number of aromatic nitrogens is 2. The molecule has 3 rings (SSSR count). The van der Waals surface area contributed by atoms with Crippen LogP contribution in [0.5, 0.6) is 0 Å². The van der Waals surface area contributed by atoms with E-state index in [1.54, 1.807) is 36.1 Å². The molecule has 2 heterocycles. The van der Waals surface area contributed by atoms with Gasteiger partial charge in [0.1, 0.15) is 0 Å². The molecule has 0 N–H and O–H groups in total. The molecule has 0 bridgehead atoms. The molecule has 0 aliphatic heterocycles. The molecule has 0 radical (unpaired) electrons. The number of benzene rings is 1. The topological polar surface area (TPSA) is 42.9 Å². The third kappa shape index (κ3) is 2.65. The Morgan fingerprint density at radius 1 is 1.00 bits per heavy atom. The van der Waals surface area contributed by atoms with E-state index in [9.17, 15) is 4.21 Å². The largest absolute Gasteiger partial charge is 0.263 e. The molecule has 0 saturated heterocycles. The molecular formula is C16H12N2OS. The van der Waals surface area contributed by atoms with Crippen molar-refractivity contribution in [3.8, 4) is 0 Å². The summed E-state index contributed by atoms with van der Waals surface area (Å²) in [6.45, 7) is 0. The van der Waals surface area contributed by atoms with Gasteiger partial charge in [0.2, 0.25) is 0 Å². The van der Waals surface area contributed by atoms with E-state index in [2.05, 4.69) is 9.97 Å². The van der Waals surface area contributed by atoms with Crippen molar-refractivity contribution in [1.29, 1.82) is 0 Å². The zero-order chi connectivity index (χ0) is 13.8. The summed E-state index contributed by atoms with van der Waals surface area (Å²) in [6.07, 6.45) is 6.91. The fourth-order valence-corrected chi connectivity index (χ4v) is 2.75. The zero-order valence-electron chi connectivity index (χ0n) is 10.6. The highest BCUT2D eigenvalue weighted by Crippen LogP contribution is 2.18. The van der Waals surface area contributed by atoms with E-state index >= 15 is 0 Å². The lowest BCUT2D eigenvalue weighted by Gasteiger charge is -2.00. The van der Waals surface area contributed by atoms with E-state index in [-0.39, 0.29) is 0 Å². The molecule has 0 aliphatic carbocycles. The summed E-state index contributed by atoms with van der Waals surface area (Å²) < 4.78 is 12.1. The van der Waals surface area contributed by atoms with Gasteiger partial charge in [-0.2, -0.15) is 0 Å². The Balaban J connectivity index is 1.94. The van der Waals surface area contributed by atoms with Crippen LogP contribution in [0.3, 0.4) is 0 Å². The predicted octanol–water partition coefficient (Wildman–Crippen LogP) is 3.41. The van der Waals surface area contributed by atoms with E-state index in [1.165, 1.54) is 0 Å². The molecular weight excluding hydrogens is 268 g/mol. The first-order valence-corrected chi connectivity index (χ1v) is 7.38. The molecule has 1 aromatic carbocycles. The first-order chi connectivity index (χ1) is 9.84. The van der Waals surface area contributed by atoms with Crippen molar-refractivity contribution in [2.75, 3.05) is 0 Å². The smallest absolute Gasteiger partial charge is 0.0791 e. The van der Waals surface area contributed by atoms with E-state index in [4.69, 9.17) is 0 Å². The second-order valence-corrected chi connectivity index (χ2v) is 5.54. The second-order valence-electron chi connectivity index (χ2n) is 4.21. The average molecular weight is 280 g/mol. The van der Waals surface area contributed by atoms with Crippen LogP contribution in [-0.4, -0.2) is 14.2 Å². The highest BCUT2D eigenvalue weighted by atomic mass is 32.2. The summed E-state index contributed by atoms with van der Waals surface area (Å²) in [5, 5.41) is 2.73. The maximum atomic E-state index is 12.1. The SMILES string of the molecule is O=S(/C=C/c1ccnc2ccccc12)c1cccnc1. The van der Waals surface area contributed by atoms with Gasteiger partial charge in [-0.15, -0.1) is 0 Å². The third-order valence-electron chi connectivity index (χ3n) is 2.92. The Morgan fingerprint density at radius 3 is 2.75 bits per heavy atom. The standard InChI is InChI=1S/C16H12N2OS/c19-20(14-4-3-9-17-12-14)11-8-13-7-10-18-16-6-2-1-5-15(13)16/h1-12H/b11-8+. The monoisotopic (exact) mass is 280 g/mol. The lowest BCUT2D eigenvalue weighted by atomic mass is 10.1. The van der Waals surface area contributed by atoms with Gasteiger partial charge in [-0.25, -0.2) is 4.21 Å². The fraction of sp³-hybridized carbons (Fsp3) is 0. The number of hydrogen-bond donors (Lipinski definition) is 0. The molecule has 1 atom stereocenters. The molecule has 3 nitrogen and oxygen atoms in total. The minimum atomic E-state index is -1.19. The van der Waals surface area contributed by atoms with Crippen molar-refractivity contribution >= 4 is 27.8 Å². The lowest BCUT2D eigenvalue weighted by molar-refractivity contribution is 0.688. The maximum Gasteiger partial charge on any atom is 0.0791 e. The molecule has 3 aromatic rings. The number of pyridine rings is 2. The average Bonchev–Trinajstić information content (AvgIpc) is 2.53. The summed E-state index contributed by atoms with van der Waals surface area (Å²) in [5.74, 6) is 0. The van der Waals surface area contributed by atoms with Gasteiger partial charge < -0.3 is 0 Å². The van der Waals surface area contributed by atoms with Gasteiger partial charge in [-0.05, 0) is 35.9 Å². The molecule has 4 heteroatoms. The molecule has 2 aromatic heterocycles. The normalized spacial score (nSPS) is 12.8. The zero-order valence-corrected chi connectivity index (χ0v) is 11.5. The van der Waals surface area contributed by atoms with Crippen LogP contribution in [-0.2, 0) is 10.8 Å². The maximum absolute atomic E-state index is 12.1. The number of para-hydroxylation sites is 1. The lowest BCUT2D eigenvalue weighted by Crippen LogP contribution is -1.87. The van der Waals surface area contributed by atoms with Gasteiger partial charge in [-0.3, -0.25) is 9.97 Å². The number of rotatable bonds is 3. The first-order valence-electron chi connectivity index (χ1n) is 6.17. The Labute approximate surface area is 119 Å². The van der Waals surface area contributed by atoms with Gasteiger partial charge in [0.25, 0.3) is 0 Å². The summed E-state index contributed by atoms with van der Waals surface area (Å²) in [6, 6.07) is 13.4. The Hall–Kier alpha value is -2.33. The van der Waals surface area contributed by atoms with Crippen molar-refractivity contribution in [3.63, 3.8) is 0 Å². The van der Waals surface area contributed by atoms with Gasteiger partial charge in [0.05, 0.1) is 21.2 Å². The van der Waals surface area contributed by atoms with Gasteiger partial charge in [-0.1, -0.05) is 18.2 Å². The number of fused-ring (bicyclic) bond motifs is 1. The second kappa shape index (κ2) is 5.75. The van der Waals surface area contributed by atoms with Gasteiger partial charge >= 0.3 is 0 Å². The van der Waals surface area contributed by atoms with E-state index in [0.717, 1.165) is 16.5 Å². The molecule has 0 spiro atoms. The Bertz CT molecular complexity index is 779. The molecule has 98 valence electrons. The number of hydrogen-bond acceptors (Lipinski definition) is 3. The van der Waals surface area contributed by atoms with Crippen molar-refractivity contribution in [3.05, 3.63) is 72.0 Å². The molecule has 0 amide bonds. The highest BCUT2D eigenvalue weighted by molar-refractivity contribution is 7.88. The molecule has 20 heavy (non-hydrogen) atoms. The van der Waals surface area contributed by atoms with Crippen LogP contribution in [0.1, 0.15) is 5.56 Å². The molecule has 1 unspecified atom stereocenters. The highest BCUT2D eigenvalue weighted by Gasteiger charge is 2.01. The molecule has 0 saturated carbocycles. The van der Waals surface area contributed by atoms with Crippen molar-refractivity contribution in [2.45, 2.75) is 4.90 Å². The predicted molar refractivity (Wildman–Crippen MR) is 81.4 cm³/mol. The quantitative estimate of drug-likeness (QED) is 0.738. The Morgan fingerprint density at radius 2 is 1.90 bits per heavy atom. The minimum Gasteiger partial charge on any atom is -0.263 e. The summed E-state index contributed by atoms with van der Waals surface area (Å²) in [4.78, 5) is 8.98. The van der Waals surface area contributed by atoms with Crippen LogP contribution in [0, 0.1) is 0 Å². The minimum absolute atomic E-state index is 0.696. The first kappa shape index (κ1) is 12.7. The Kier molecular flexibility index (Phi) is 3.65. The van der Waals surface area contributed by atoms with Crippen LogP contribution < -0.4 is 0 Å². The van der Waals surface area contributed by atoms with Crippen LogP contribution in [0.4, 0.5) is 0 Å². The fourth-order valence-electron chi connectivity index (χ4n) is 1.94. The summed E-state index contributed by atoms with van der Waals surface area (Å²) in [7, 11) is -1.19. The molecule has 0 fully saturated rings. The third-order valence-corrected chi connectivity index (χ3v) is 4.01. The number of nitrogens with zero attached hydrogens (tertiary/aromatic N) is 2. The van der Waals surface area contributed by atoms with E-state index in [0.29, 0.717) is 4.90 Å². The van der Waals surface area contributed by atoms with Crippen LogP contribution in [0.2, 0.25) is 0 Å². The van der Waals surface area contributed by atoms with E-state index < -0.39 is 10.8 Å². The van der Waals surface area contributed by atoms with Crippen molar-refractivity contribution in [2.24, 2.45) is 0 Å². The molecule has 0 aliphatic rings. The summed E-state index contributed by atoms with van der Waals surface area (Å²) >= 11 is 0. The van der Waals surface area contributed by atoms with Crippen LogP contribution in [0.25, 0.3) is 17.0 Å². The van der Waals surface area contributed by atoms with Gasteiger partial charge in [0.15, 0.2) is 0 Å². The van der Waals surface area contributed by atoms with Crippen LogP contribution in [0.15, 0.2) is 71.4 Å². The van der Waals surface area contributed by atoms with E-state index in [1.807, 2.05) is 36.4 Å². The van der Waals surface area contributed by atoms with Gasteiger partial charge in [0, 0.05) is 29.4 Å². The summed E-state index contributed by atoms with van der Waals surface area (Å²) in [5.41, 5.74) is 1.94. The van der Waals surface area contributed by atoms with Crippen molar-refractivity contribution < 1.29 is 4.21 Å². The van der Waals surface area contributed by atoms with Crippen molar-refractivity contribution in [1.82, 2.24) is 9.97 Å².